The highest BCUT2D eigenvalue weighted by Crippen LogP contribution is 2.31. The Morgan fingerprint density at radius 2 is 1.61 bits per heavy atom. The molecule has 0 unspecified atom stereocenters. The van der Waals surface area contributed by atoms with E-state index >= 15 is 0 Å². The maximum Gasteiger partial charge on any atom is 0.257 e. The lowest BCUT2D eigenvalue weighted by Crippen LogP contribution is -2.51. The molecule has 7 heteroatoms. The molecule has 176 valence electrons. The van der Waals surface area contributed by atoms with E-state index in [0.717, 1.165) is 30.1 Å². The first-order chi connectivity index (χ1) is 16.0. The van der Waals surface area contributed by atoms with Gasteiger partial charge in [-0.2, -0.15) is 0 Å². The number of nitrogens with zero attached hydrogens (tertiary/aromatic N) is 3. The van der Waals surface area contributed by atoms with Gasteiger partial charge in [-0.15, -0.1) is 0 Å². The van der Waals surface area contributed by atoms with Gasteiger partial charge in [0.25, 0.3) is 5.91 Å². The summed E-state index contributed by atoms with van der Waals surface area (Å²) < 4.78 is 10.8. The summed E-state index contributed by atoms with van der Waals surface area (Å²) in [7, 11) is 3.23. The molecule has 2 aromatic carbocycles. The Bertz CT molecular complexity index is 986. The highest BCUT2D eigenvalue weighted by Gasteiger charge is 2.33. The molecule has 0 bridgehead atoms. The third kappa shape index (κ3) is 4.92. The van der Waals surface area contributed by atoms with Crippen molar-refractivity contribution in [1.29, 1.82) is 0 Å². The number of carbonyl (C=O) groups excluding carboxylic acids is 2. The normalized spacial score (nSPS) is 18.8. The summed E-state index contributed by atoms with van der Waals surface area (Å²) in [5, 5.41) is 0. The van der Waals surface area contributed by atoms with Crippen LogP contribution in [0.25, 0.3) is 0 Å². The lowest BCUT2D eigenvalue weighted by Gasteiger charge is -2.41. The van der Waals surface area contributed by atoms with Crippen molar-refractivity contribution in [1.82, 2.24) is 9.80 Å². The molecule has 33 heavy (non-hydrogen) atoms. The predicted molar refractivity (Wildman–Crippen MR) is 128 cm³/mol. The van der Waals surface area contributed by atoms with E-state index in [1.807, 2.05) is 52.3 Å². The molecule has 2 amide bonds. The van der Waals surface area contributed by atoms with Gasteiger partial charge in [-0.25, -0.2) is 0 Å². The molecule has 2 aliphatic heterocycles. The van der Waals surface area contributed by atoms with E-state index in [4.69, 9.17) is 9.47 Å². The van der Waals surface area contributed by atoms with Gasteiger partial charge in [-0.1, -0.05) is 12.1 Å². The van der Waals surface area contributed by atoms with Crippen LogP contribution in [0.15, 0.2) is 42.5 Å². The summed E-state index contributed by atoms with van der Waals surface area (Å²) >= 11 is 0. The second-order valence-corrected chi connectivity index (χ2v) is 8.68. The Balaban J connectivity index is 1.60. The third-order valence-corrected chi connectivity index (χ3v) is 6.71. The summed E-state index contributed by atoms with van der Waals surface area (Å²) in [6.07, 6.45) is 3.60. The van der Waals surface area contributed by atoms with Crippen LogP contribution in [-0.4, -0.2) is 68.6 Å². The third-order valence-electron chi connectivity index (χ3n) is 6.71. The molecule has 2 fully saturated rings. The average molecular weight is 452 g/mol. The largest absolute Gasteiger partial charge is 0.497 e. The number of ether oxygens (including phenoxy) is 2. The van der Waals surface area contributed by atoms with Gasteiger partial charge in [0.2, 0.25) is 5.91 Å². The van der Waals surface area contributed by atoms with Crippen molar-refractivity contribution in [3.05, 3.63) is 53.6 Å². The zero-order valence-corrected chi connectivity index (χ0v) is 19.8. The van der Waals surface area contributed by atoms with E-state index in [1.54, 1.807) is 21.1 Å². The standard InChI is InChI=1S/C26H33N3O4/c1-19(30)29-16-15-28(18-24(29)20-7-10-22(32-2)11-8-20)26(31)23-17-21(9-12-25(23)33-3)27-13-5-4-6-14-27/h7-12,17,24H,4-6,13-16,18H2,1-3H3/t24-/m0/s1. The molecule has 0 spiro atoms. The van der Waals surface area contributed by atoms with Gasteiger partial charge in [-0.05, 0) is 55.2 Å². The zero-order chi connectivity index (χ0) is 23.4. The highest BCUT2D eigenvalue weighted by molar-refractivity contribution is 5.98. The molecule has 7 nitrogen and oxygen atoms in total. The van der Waals surface area contributed by atoms with Crippen LogP contribution in [0.3, 0.4) is 0 Å². The van der Waals surface area contributed by atoms with Crippen LogP contribution >= 0.6 is 0 Å². The molecule has 1 atom stereocenters. The topological polar surface area (TPSA) is 62.3 Å². The smallest absolute Gasteiger partial charge is 0.257 e. The van der Waals surface area contributed by atoms with Gasteiger partial charge < -0.3 is 24.2 Å². The SMILES string of the molecule is COc1ccc([C@@H]2CN(C(=O)c3cc(N4CCCCC4)ccc3OC)CCN2C(C)=O)cc1. The van der Waals surface area contributed by atoms with Gasteiger partial charge in [0, 0.05) is 45.3 Å². The maximum absolute atomic E-state index is 13.7. The Morgan fingerprint density at radius 1 is 0.879 bits per heavy atom. The molecule has 0 N–H and O–H groups in total. The Hall–Kier alpha value is -3.22. The van der Waals surface area contributed by atoms with Crippen LogP contribution in [-0.2, 0) is 4.79 Å². The second kappa shape index (κ2) is 10.1. The van der Waals surface area contributed by atoms with Gasteiger partial charge in [-0.3, -0.25) is 9.59 Å². The van der Waals surface area contributed by atoms with Crippen molar-refractivity contribution in [2.45, 2.75) is 32.2 Å². The number of hydrogen-bond donors (Lipinski definition) is 0. The molecular formula is C26H33N3O4. The van der Waals surface area contributed by atoms with Crippen LogP contribution in [0.2, 0.25) is 0 Å². The average Bonchev–Trinajstić information content (AvgIpc) is 2.88. The van der Waals surface area contributed by atoms with E-state index in [0.29, 0.717) is 30.9 Å². The van der Waals surface area contributed by atoms with Gasteiger partial charge >= 0.3 is 0 Å². The van der Waals surface area contributed by atoms with Crippen molar-refractivity contribution < 1.29 is 19.1 Å². The summed E-state index contributed by atoms with van der Waals surface area (Å²) in [6, 6.07) is 13.4. The summed E-state index contributed by atoms with van der Waals surface area (Å²) in [4.78, 5) is 32.0. The number of anilines is 1. The van der Waals surface area contributed by atoms with Gasteiger partial charge in [0.15, 0.2) is 0 Å². The van der Waals surface area contributed by atoms with Crippen LogP contribution in [0.4, 0.5) is 5.69 Å². The Labute approximate surface area is 195 Å². The summed E-state index contributed by atoms with van der Waals surface area (Å²) in [6.45, 7) is 5.02. The minimum atomic E-state index is -0.206. The van der Waals surface area contributed by atoms with Crippen molar-refractivity contribution in [2.75, 3.05) is 51.8 Å². The monoisotopic (exact) mass is 451 g/mol. The molecule has 0 radical (unpaired) electrons. The minimum Gasteiger partial charge on any atom is -0.497 e. The predicted octanol–water partition coefficient (Wildman–Crippen LogP) is 3.74. The Morgan fingerprint density at radius 3 is 2.24 bits per heavy atom. The molecule has 0 saturated carbocycles. The molecule has 2 heterocycles. The first-order valence-corrected chi connectivity index (χ1v) is 11.6. The van der Waals surface area contributed by atoms with E-state index in [1.165, 1.54) is 19.3 Å². The summed E-state index contributed by atoms with van der Waals surface area (Å²) in [5.41, 5.74) is 2.62. The van der Waals surface area contributed by atoms with E-state index in [9.17, 15) is 9.59 Å². The number of methoxy groups -OCH3 is 2. The maximum atomic E-state index is 13.7. The first kappa shape index (κ1) is 23.0. The molecule has 2 aromatic rings. The first-order valence-electron chi connectivity index (χ1n) is 11.6. The number of piperazine rings is 1. The van der Waals surface area contributed by atoms with Crippen molar-refractivity contribution >= 4 is 17.5 Å². The molecule has 2 aliphatic rings. The number of hydrogen-bond acceptors (Lipinski definition) is 5. The fourth-order valence-electron chi connectivity index (χ4n) is 4.84. The quantitative estimate of drug-likeness (QED) is 0.693. The van der Waals surface area contributed by atoms with Crippen LogP contribution in [0.5, 0.6) is 11.5 Å². The fourth-order valence-corrected chi connectivity index (χ4v) is 4.84. The van der Waals surface area contributed by atoms with Gasteiger partial charge in [0.05, 0.1) is 25.8 Å². The molecule has 0 aromatic heterocycles. The van der Waals surface area contributed by atoms with Crippen molar-refractivity contribution in [3.63, 3.8) is 0 Å². The zero-order valence-electron chi connectivity index (χ0n) is 19.8. The van der Waals surface area contributed by atoms with Crippen LogP contribution < -0.4 is 14.4 Å². The highest BCUT2D eigenvalue weighted by atomic mass is 16.5. The number of amides is 2. The Kier molecular flexibility index (Phi) is 7.06. The lowest BCUT2D eigenvalue weighted by molar-refractivity contribution is -0.133. The molecular weight excluding hydrogens is 418 g/mol. The molecule has 2 saturated heterocycles. The van der Waals surface area contributed by atoms with Crippen molar-refractivity contribution in [2.24, 2.45) is 0 Å². The van der Waals surface area contributed by atoms with Gasteiger partial charge in [0.1, 0.15) is 11.5 Å². The fraction of sp³-hybridized carbons (Fsp3) is 0.462. The van der Waals surface area contributed by atoms with Crippen LogP contribution in [0, 0.1) is 0 Å². The number of piperidine rings is 1. The number of rotatable bonds is 5. The van der Waals surface area contributed by atoms with Crippen molar-refractivity contribution in [3.8, 4) is 11.5 Å². The lowest BCUT2D eigenvalue weighted by atomic mass is 10.0. The summed E-state index contributed by atoms with van der Waals surface area (Å²) in [5.74, 6) is 1.28. The minimum absolute atomic E-state index is 0.00703. The second-order valence-electron chi connectivity index (χ2n) is 8.68. The molecule has 4 rings (SSSR count). The van der Waals surface area contributed by atoms with E-state index in [2.05, 4.69) is 4.90 Å². The number of benzene rings is 2. The van der Waals surface area contributed by atoms with E-state index in [-0.39, 0.29) is 17.9 Å². The van der Waals surface area contributed by atoms with E-state index < -0.39 is 0 Å². The number of carbonyl (C=O) groups is 2. The molecule has 0 aliphatic carbocycles. The van der Waals surface area contributed by atoms with Crippen LogP contribution in [0.1, 0.15) is 48.1 Å².